The quantitative estimate of drug-likeness (QED) is 0.389. The summed E-state index contributed by atoms with van der Waals surface area (Å²) in [5.74, 6) is -0.960. The molecule has 0 saturated carbocycles. The molecule has 2 N–H and O–H groups in total. The molecular weight excluding hydrogens is 460 g/mol. The molecule has 0 unspecified atom stereocenters. The lowest BCUT2D eigenvalue weighted by atomic mass is 10.2. The fourth-order valence-electron chi connectivity index (χ4n) is 3.31. The lowest BCUT2D eigenvalue weighted by Gasteiger charge is -2.13. The van der Waals surface area contributed by atoms with Crippen LogP contribution in [-0.4, -0.2) is 42.1 Å². The summed E-state index contributed by atoms with van der Waals surface area (Å²) in [6, 6.07) is 12.9. The second-order valence-electron chi connectivity index (χ2n) is 7.43. The fourth-order valence-corrected chi connectivity index (χ4v) is 4.60. The van der Waals surface area contributed by atoms with Crippen LogP contribution in [0.15, 0.2) is 58.4 Å². The number of hydrogen-bond acceptors (Lipinski definition) is 7. The average Bonchev–Trinajstić information content (AvgIpc) is 3.05. The Bertz CT molecular complexity index is 1350. The molecule has 0 aliphatic carbocycles. The number of thioether (sulfide) groups is 1. The number of carbonyl (C=O) groups excluding carboxylic acids is 1. The van der Waals surface area contributed by atoms with Crippen LogP contribution in [0.3, 0.4) is 0 Å². The fraction of sp³-hybridized carbons (Fsp3) is 0.174. The summed E-state index contributed by atoms with van der Waals surface area (Å²) in [7, 11) is 0. The van der Waals surface area contributed by atoms with Crippen molar-refractivity contribution < 1.29 is 14.7 Å². The van der Waals surface area contributed by atoms with E-state index in [4.69, 9.17) is 17.3 Å². The number of rotatable bonds is 7. The predicted octanol–water partition coefficient (Wildman–Crippen LogP) is 3.81. The molecule has 1 saturated heterocycles. The summed E-state index contributed by atoms with van der Waals surface area (Å²) in [6.45, 7) is 2.19. The third-order valence-electron chi connectivity index (χ3n) is 5.00. The normalized spacial score (nSPS) is 14.9. The minimum absolute atomic E-state index is 0.0589. The third-order valence-corrected chi connectivity index (χ3v) is 6.38. The van der Waals surface area contributed by atoms with Gasteiger partial charge in [0.2, 0.25) is 0 Å². The topological polar surface area (TPSA) is 104 Å². The number of aryl methyl sites for hydroxylation is 1. The number of amides is 1. The first-order chi connectivity index (χ1) is 15.8. The lowest BCUT2D eigenvalue weighted by Crippen LogP contribution is -2.29. The molecule has 33 heavy (non-hydrogen) atoms. The highest BCUT2D eigenvalue weighted by Gasteiger charge is 2.32. The van der Waals surface area contributed by atoms with Gasteiger partial charge >= 0.3 is 5.97 Å². The summed E-state index contributed by atoms with van der Waals surface area (Å²) >= 11 is 6.40. The van der Waals surface area contributed by atoms with Gasteiger partial charge in [0.25, 0.3) is 11.5 Å². The number of aliphatic carboxylic acids is 1. The van der Waals surface area contributed by atoms with E-state index in [0.717, 1.165) is 23.0 Å². The second-order valence-corrected chi connectivity index (χ2v) is 9.11. The van der Waals surface area contributed by atoms with E-state index in [1.807, 2.05) is 31.2 Å². The van der Waals surface area contributed by atoms with Gasteiger partial charge in [0.05, 0.1) is 10.5 Å². The zero-order valence-corrected chi connectivity index (χ0v) is 19.3. The highest BCUT2D eigenvalue weighted by molar-refractivity contribution is 8.26. The Hall–Kier alpha value is -3.50. The summed E-state index contributed by atoms with van der Waals surface area (Å²) in [6.07, 6.45) is 3.35. The Labute approximate surface area is 198 Å². The number of hydrogen-bond donors (Lipinski definition) is 2. The van der Waals surface area contributed by atoms with Crippen molar-refractivity contribution in [2.24, 2.45) is 0 Å². The molecular formula is C23H20N4O4S2. The number of pyridine rings is 1. The molecule has 8 nitrogen and oxygen atoms in total. The molecule has 1 aliphatic rings. The van der Waals surface area contributed by atoms with Gasteiger partial charge in [0.15, 0.2) is 0 Å². The van der Waals surface area contributed by atoms with E-state index in [2.05, 4.69) is 10.3 Å². The van der Waals surface area contributed by atoms with Crippen molar-refractivity contribution in [2.45, 2.75) is 19.8 Å². The third kappa shape index (κ3) is 4.96. The lowest BCUT2D eigenvalue weighted by molar-refractivity contribution is -0.137. The summed E-state index contributed by atoms with van der Waals surface area (Å²) < 4.78 is 1.75. The highest BCUT2D eigenvalue weighted by Crippen LogP contribution is 2.33. The van der Waals surface area contributed by atoms with E-state index < -0.39 is 5.97 Å². The van der Waals surface area contributed by atoms with Gasteiger partial charge < -0.3 is 10.4 Å². The number of fused-ring (bicyclic) bond motifs is 1. The molecule has 1 amide bonds. The first-order valence-corrected chi connectivity index (χ1v) is 11.4. The van der Waals surface area contributed by atoms with Crippen molar-refractivity contribution >= 4 is 63.4 Å². The number of benzene rings is 1. The van der Waals surface area contributed by atoms with E-state index in [-0.39, 0.29) is 41.3 Å². The molecule has 1 aliphatic heterocycles. The molecule has 0 atom stereocenters. The van der Waals surface area contributed by atoms with Crippen LogP contribution >= 0.6 is 24.0 Å². The van der Waals surface area contributed by atoms with E-state index in [1.165, 1.54) is 15.4 Å². The Kier molecular flexibility index (Phi) is 6.57. The number of carboxylic acid groups (broad SMARTS) is 1. The van der Waals surface area contributed by atoms with Crippen molar-refractivity contribution in [2.75, 3.05) is 11.9 Å². The molecule has 3 aromatic rings. The van der Waals surface area contributed by atoms with Gasteiger partial charge in [0.1, 0.15) is 15.8 Å². The van der Waals surface area contributed by atoms with Crippen LogP contribution in [0.5, 0.6) is 0 Å². The Morgan fingerprint density at radius 1 is 1.21 bits per heavy atom. The van der Waals surface area contributed by atoms with Crippen LogP contribution in [-0.2, 0) is 9.59 Å². The van der Waals surface area contributed by atoms with Gasteiger partial charge in [-0.2, -0.15) is 0 Å². The van der Waals surface area contributed by atoms with Crippen LogP contribution in [0.1, 0.15) is 24.0 Å². The van der Waals surface area contributed by atoms with Crippen LogP contribution in [0, 0.1) is 6.92 Å². The standard InChI is InChI=1S/C23H20N4O4S2/c1-14-7-9-15(10-8-14)24-20-16(21(30)26-11-3-2-5-18(26)25-20)13-17-22(31)27(23(32)33-17)12-4-6-19(28)29/h2-3,5,7-11,13,24H,4,6,12H2,1H3,(H,28,29). The number of carbonyl (C=O) groups is 2. The largest absolute Gasteiger partial charge is 0.481 e. The van der Waals surface area contributed by atoms with Crippen molar-refractivity contribution in [1.82, 2.24) is 14.3 Å². The van der Waals surface area contributed by atoms with E-state index in [1.54, 1.807) is 24.4 Å². The predicted molar refractivity (Wildman–Crippen MR) is 133 cm³/mol. The maximum absolute atomic E-state index is 13.3. The van der Waals surface area contributed by atoms with Gasteiger partial charge in [-0.3, -0.25) is 23.7 Å². The number of nitrogens with zero attached hydrogens (tertiary/aromatic N) is 3. The van der Waals surface area contributed by atoms with Crippen molar-refractivity contribution in [3.63, 3.8) is 0 Å². The SMILES string of the molecule is Cc1ccc(Nc2nc3ccccn3c(=O)c2C=C2SC(=S)N(CCCC(=O)O)C2=O)cc1. The minimum Gasteiger partial charge on any atom is -0.481 e. The molecule has 2 aromatic heterocycles. The average molecular weight is 481 g/mol. The minimum atomic E-state index is -0.932. The monoisotopic (exact) mass is 480 g/mol. The van der Waals surface area contributed by atoms with Crippen LogP contribution in [0.2, 0.25) is 0 Å². The van der Waals surface area contributed by atoms with Crippen molar-refractivity contribution in [3.05, 3.63) is 75.0 Å². The number of thiocarbonyl (C=S) groups is 1. The first kappa shape index (κ1) is 22.7. The van der Waals surface area contributed by atoms with E-state index >= 15 is 0 Å². The van der Waals surface area contributed by atoms with Gasteiger partial charge in [-0.15, -0.1) is 0 Å². The van der Waals surface area contributed by atoms with Gasteiger partial charge in [-0.05, 0) is 43.7 Å². The molecule has 0 bridgehead atoms. The molecule has 10 heteroatoms. The van der Waals surface area contributed by atoms with Crippen molar-refractivity contribution in [3.8, 4) is 0 Å². The Morgan fingerprint density at radius 2 is 1.97 bits per heavy atom. The zero-order chi connectivity index (χ0) is 23.5. The molecule has 3 heterocycles. The summed E-state index contributed by atoms with van der Waals surface area (Å²) in [5, 5.41) is 12.0. The van der Waals surface area contributed by atoms with Crippen LogP contribution < -0.4 is 10.9 Å². The number of carboxylic acids is 1. The van der Waals surface area contributed by atoms with Crippen LogP contribution in [0.25, 0.3) is 11.7 Å². The maximum Gasteiger partial charge on any atom is 0.303 e. The maximum atomic E-state index is 13.3. The zero-order valence-electron chi connectivity index (χ0n) is 17.6. The second kappa shape index (κ2) is 9.55. The van der Waals surface area contributed by atoms with Crippen LogP contribution in [0.4, 0.5) is 11.5 Å². The number of aromatic nitrogens is 2. The smallest absolute Gasteiger partial charge is 0.303 e. The summed E-state index contributed by atoms with van der Waals surface area (Å²) in [4.78, 5) is 43.3. The van der Waals surface area contributed by atoms with E-state index in [9.17, 15) is 14.4 Å². The Morgan fingerprint density at radius 3 is 2.70 bits per heavy atom. The first-order valence-electron chi connectivity index (χ1n) is 10.2. The van der Waals surface area contributed by atoms with Crippen molar-refractivity contribution in [1.29, 1.82) is 0 Å². The molecule has 1 aromatic carbocycles. The number of anilines is 2. The highest BCUT2D eigenvalue weighted by atomic mass is 32.2. The summed E-state index contributed by atoms with van der Waals surface area (Å²) in [5.41, 5.74) is 2.22. The molecule has 1 fully saturated rings. The molecule has 0 spiro atoms. The molecule has 0 radical (unpaired) electrons. The Balaban J connectivity index is 1.73. The van der Waals surface area contributed by atoms with E-state index in [0.29, 0.717) is 15.8 Å². The molecule has 168 valence electrons. The van der Waals surface area contributed by atoms with Gasteiger partial charge in [-0.1, -0.05) is 47.7 Å². The van der Waals surface area contributed by atoms with Gasteiger partial charge in [-0.25, -0.2) is 4.98 Å². The molecule has 4 rings (SSSR count). The van der Waals surface area contributed by atoms with Gasteiger partial charge in [0, 0.05) is 24.8 Å². The number of nitrogens with one attached hydrogen (secondary N) is 1.